The summed E-state index contributed by atoms with van der Waals surface area (Å²) in [4.78, 5) is 12.0. The van der Waals surface area contributed by atoms with Crippen LogP contribution in [0.2, 0.25) is 0 Å². The first kappa shape index (κ1) is 17.5. The standard InChI is InChI=1S/C20H19FN4O/c1-13-5-3-6-14(2)20(13)23-18-10-9-17(24-25-18)22-19(26)12-15-7-4-8-16(21)11-15/h3-11H,12H2,1-2H3,(H,23,25)(H,22,24,26). The summed E-state index contributed by atoms with van der Waals surface area (Å²) in [5.74, 6) is 0.293. The minimum absolute atomic E-state index is 0.0713. The van der Waals surface area contributed by atoms with E-state index in [-0.39, 0.29) is 18.1 Å². The number of para-hydroxylation sites is 1. The van der Waals surface area contributed by atoms with Gasteiger partial charge in [0.2, 0.25) is 5.91 Å². The Morgan fingerprint density at radius 1 is 0.962 bits per heavy atom. The van der Waals surface area contributed by atoms with Crippen LogP contribution in [0.1, 0.15) is 16.7 Å². The van der Waals surface area contributed by atoms with E-state index in [2.05, 4.69) is 20.8 Å². The van der Waals surface area contributed by atoms with Gasteiger partial charge in [0.05, 0.1) is 6.42 Å². The van der Waals surface area contributed by atoms with Crippen molar-refractivity contribution in [3.63, 3.8) is 0 Å². The van der Waals surface area contributed by atoms with Crippen LogP contribution in [0.15, 0.2) is 54.6 Å². The molecule has 0 aliphatic rings. The summed E-state index contributed by atoms with van der Waals surface area (Å²) in [6.45, 7) is 4.04. The number of benzene rings is 2. The molecule has 132 valence electrons. The van der Waals surface area contributed by atoms with Crippen LogP contribution in [0.25, 0.3) is 0 Å². The summed E-state index contributed by atoms with van der Waals surface area (Å²) in [5.41, 5.74) is 3.81. The van der Waals surface area contributed by atoms with Gasteiger partial charge in [0.15, 0.2) is 11.6 Å². The molecule has 0 saturated heterocycles. The quantitative estimate of drug-likeness (QED) is 0.725. The highest BCUT2D eigenvalue weighted by atomic mass is 19.1. The van der Waals surface area contributed by atoms with E-state index in [4.69, 9.17) is 0 Å². The van der Waals surface area contributed by atoms with Crippen molar-refractivity contribution >= 4 is 23.2 Å². The minimum atomic E-state index is -0.364. The lowest BCUT2D eigenvalue weighted by Crippen LogP contribution is -2.15. The third-order valence-electron chi connectivity index (χ3n) is 3.92. The van der Waals surface area contributed by atoms with Gasteiger partial charge >= 0.3 is 0 Å². The third kappa shape index (κ3) is 4.42. The molecule has 5 nitrogen and oxygen atoms in total. The highest BCUT2D eigenvalue weighted by Crippen LogP contribution is 2.23. The number of rotatable bonds is 5. The Bertz CT molecular complexity index is 905. The van der Waals surface area contributed by atoms with Crippen molar-refractivity contribution in [2.75, 3.05) is 10.6 Å². The molecule has 6 heteroatoms. The summed E-state index contributed by atoms with van der Waals surface area (Å²) in [7, 11) is 0. The van der Waals surface area contributed by atoms with Crippen molar-refractivity contribution in [1.29, 1.82) is 0 Å². The fourth-order valence-corrected chi connectivity index (χ4v) is 2.62. The molecule has 1 heterocycles. The van der Waals surface area contributed by atoms with Gasteiger partial charge in [0.1, 0.15) is 5.82 Å². The molecule has 3 rings (SSSR count). The fourth-order valence-electron chi connectivity index (χ4n) is 2.62. The average Bonchev–Trinajstić information content (AvgIpc) is 2.60. The Labute approximate surface area is 151 Å². The Morgan fingerprint density at radius 3 is 2.27 bits per heavy atom. The highest BCUT2D eigenvalue weighted by molar-refractivity contribution is 5.91. The zero-order valence-corrected chi connectivity index (χ0v) is 14.6. The molecule has 2 aromatic carbocycles. The molecule has 0 saturated carbocycles. The zero-order valence-electron chi connectivity index (χ0n) is 14.6. The smallest absolute Gasteiger partial charge is 0.229 e. The molecule has 0 bridgehead atoms. The van der Waals surface area contributed by atoms with Gasteiger partial charge in [-0.25, -0.2) is 4.39 Å². The predicted octanol–water partition coefficient (Wildman–Crippen LogP) is 4.16. The van der Waals surface area contributed by atoms with E-state index in [1.165, 1.54) is 12.1 Å². The highest BCUT2D eigenvalue weighted by Gasteiger charge is 2.08. The number of carbonyl (C=O) groups is 1. The second-order valence-electron chi connectivity index (χ2n) is 6.05. The van der Waals surface area contributed by atoms with E-state index < -0.39 is 0 Å². The number of halogens is 1. The fraction of sp³-hybridized carbons (Fsp3) is 0.150. The molecule has 1 aromatic heterocycles. The van der Waals surface area contributed by atoms with Crippen LogP contribution in [-0.2, 0) is 11.2 Å². The van der Waals surface area contributed by atoms with Gasteiger partial charge in [-0.3, -0.25) is 4.79 Å². The number of aryl methyl sites for hydroxylation is 2. The molecule has 0 atom stereocenters. The molecule has 0 aliphatic carbocycles. The summed E-state index contributed by atoms with van der Waals surface area (Å²) in [5, 5.41) is 14.0. The maximum absolute atomic E-state index is 13.2. The van der Waals surface area contributed by atoms with Crippen LogP contribution in [0.5, 0.6) is 0 Å². The van der Waals surface area contributed by atoms with Gasteiger partial charge in [-0.05, 0) is 54.8 Å². The predicted molar refractivity (Wildman–Crippen MR) is 100.0 cm³/mol. The number of hydrogen-bond acceptors (Lipinski definition) is 4. The molecule has 26 heavy (non-hydrogen) atoms. The van der Waals surface area contributed by atoms with Gasteiger partial charge in [-0.2, -0.15) is 0 Å². The zero-order chi connectivity index (χ0) is 18.5. The largest absolute Gasteiger partial charge is 0.338 e. The van der Waals surface area contributed by atoms with E-state index in [9.17, 15) is 9.18 Å². The van der Waals surface area contributed by atoms with E-state index >= 15 is 0 Å². The van der Waals surface area contributed by atoms with Crippen molar-refractivity contribution in [1.82, 2.24) is 10.2 Å². The Hall–Kier alpha value is -3.28. The Balaban J connectivity index is 1.63. The second-order valence-corrected chi connectivity index (χ2v) is 6.05. The number of carbonyl (C=O) groups excluding carboxylic acids is 1. The topological polar surface area (TPSA) is 66.9 Å². The third-order valence-corrected chi connectivity index (χ3v) is 3.92. The number of nitrogens with zero attached hydrogens (tertiary/aromatic N) is 2. The number of aromatic nitrogens is 2. The van der Waals surface area contributed by atoms with Crippen molar-refractivity contribution in [2.24, 2.45) is 0 Å². The number of amides is 1. The van der Waals surface area contributed by atoms with E-state index in [0.29, 0.717) is 17.2 Å². The molecule has 0 fully saturated rings. The van der Waals surface area contributed by atoms with Crippen LogP contribution in [0, 0.1) is 19.7 Å². The summed E-state index contributed by atoms with van der Waals surface area (Å²) in [6.07, 6.45) is 0.0713. The lowest BCUT2D eigenvalue weighted by atomic mass is 10.1. The van der Waals surface area contributed by atoms with Gasteiger partial charge in [0, 0.05) is 5.69 Å². The summed E-state index contributed by atoms with van der Waals surface area (Å²) >= 11 is 0. The maximum atomic E-state index is 13.2. The van der Waals surface area contributed by atoms with Crippen LogP contribution in [-0.4, -0.2) is 16.1 Å². The van der Waals surface area contributed by atoms with Crippen molar-refractivity contribution < 1.29 is 9.18 Å². The average molecular weight is 350 g/mol. The van der Waals surface area contributed by atoms with E-state index in [0.717, 1.165) is 16.8 Å². The SMILES string of the molecule is Cc1cccc(C)c1Nc1ccc(NC(=O)Cc2cccc(F)c2)nn1. The number of anilines is 3. The van der Waals surface area contributed by atoms with Gasteiger partial charge in [0.25, 0.3) is 0 Å². The molecule has 2 N–H and O–H groups in total. The van der Waals surface area contributed by atoms with Crippen LogP contribution in [0.3, 0.4) is 0 Å². The first-order valence-corrected chi connectivity index (χ1v) is 8.22. The number of hydrogen-bond donors (Lipinski definition) is 2. The maximum Gasteiger partial charge on any atom is 0.229 e. The van der Waals surface area contributed by atoms with E-state index in [1.807, 2.05) is 32.0 Å². The second kappa shape index (κ2) is 7.74. The van der Waals surface area contributed by atoms with Crippen molar-refractivity contribution in [3.05, 3.63) is 77.1 Å². The minimum Gasteiger partial charge on any atom is -0.338 e. The van der Waals surface area contributed by atoms with Crippen molar-refractivity contribution in [3.8, 4) is 0 Å². The van der Waals surface area contributed by atoms with Gasteiger partial charge in [-0.15, -0.1) is 10.2 Å². The summed E-state index contributed by atoms with van der Waals surface area (Å²) in [6, 6.07) is 15.4. The molecule has 1 amide bonds. The van der Waals surface area contributed by atoms with Crippen LogP contribution < -0.4 is 10.6 Å². The van der Waals surface area contributed by atoms with Crippen molar-refractivity contribution in [2.45, 2.75) is 20.3 Å². The lowest BCUT2D eigenvalue weighted by Gasteiger charge is -2.11. The summed E-state index contributed by atoms with van der Waals surface area (Å²) < 4.78 is 13.2. The van der Waals surface area contributed by atoms with Crippen LogP contribution >= 0.6 is 0 Å². The molecule has 0 aliphatic heterocycles. The normalized spacial score (nSPS) is 10.4. The molecule has 3 aromatic rings. The van der Waals surface area contributed by atoms with Crippen LogP contribution in [0.4, 0.5) is 21.7 Å². The van der Waals surface area contributed by atoms with Gasteiger partial charge < -0.3 is 10.6 Å². The Morgan fingerprint density at radius 2 is 1.62 bits per heavy atom. The van der Waals surface area contributed by atoms with Gasteiger partial charge in [-0.1, -0.05) is 30.3 Å². The molecule has 0 radical (unpaired) electrons. The molecular weight excluding hydrogens is 331 g/mol. The molecule has 0 unspecified atom stereocenters. The molecule has 0 spiro atoms. The number of nitrogens with one attached hydrogen (secondary N) is 2. The Kier molecular flexibility index (Phi) is 5.22. The molecular formula is C20H19FN4O. The van der Waals surface area contributed by atoms with E-state index in [1.54, 1.807) is 24.3 Å². The first-order chi connectivity index (χ1) is 12.5. The monoisotopic (exact) mass is 350 g/mol. The lowest BCUT2D eigenvalue weighted by molar-refractivity contribution is -0.115. The first-order valence-electron chi connectivity index (χ1n) is 8.22.